The van der Waals surface area contributed by atoms with E-state index in [4.69, 9.17) is 4.74 Å². The van der Waals surface area contributed by atoms with Crippen LogP contribution in [0.2, 0.25) is 0 Å². The van der Waals surface area contributed by atoms with Gasteiger partial charge in [0.1, 0.15) is 6.54 Å². The third-order valence-corrected chi connectivity index (χ3v) is 3.73. The zero-order chi connectivity index (χ0) is 17.5. The minimum atomic E-state index is -0.451. The molecule has 0 spiro atoms. The Morgan fingerprint density at radius 3 is 2.67 bits per heavy atom. The summed E-state index contributed by atoms with van der Waals surface area (Å²) < 4.78 is 7.48. The van der Waals surface area contributed by atoms with E-state index in [2.05, 4.69) is 5.32 Å². The molecule has 1 amide bonds. The second-order valence-electron chi connectivity index (χ2n) is 5.54. The lowest BCUT2D eigenvalue weighted by atomic mass is 10.2. The fourth-order valence-electron chi connectivity index (χ4n) is 2.59. The van der Waals surface area contributed by atoms with E-state index < -0.39 is 5.69 Å². The van der Waals surface area contributed by atoms with Crippen molar-refractivity contribution >= 4 is 16.8 Å². The van der Waals surface area contributed by atoms with Gasteiger partial charge in [-0.1, -0.05) is 19.1 Å². The lowest BCUT2D eigenvalue weighted by Gasteiger charge is -2.13. The van der Waals surface area contributed by atoms with Crippen molar-refractivity contribution in [2.45, 2.75) is 32.9 Å². The minimum absolute atomic E-state index is 0.115. The van der Waals surface area contributed by atoms with Crippen LogP contribution in [0.5, 0.6) is 0 Å². The summed E-state index contributed by atoms with van der Waals surface area (Å²) in [6.07, 6.45) is 1.37. The molecule has 0 radical (unpaired) electrons. The first-order valence-corrected chi connectivity index (χ1v) is 8.08. The predicted molar refractivity (Wildman–Crippen MR) is 92.3 cm³/mol. The molecule has 0 aliphatic heterocycles. The first kappa shape index (κ1) is 17.9. The molecule has 0 saturated carbocycles. The van der Waals surface area contributed by atoms with Crippen molar-refractivity contribution in [1.29, 1.82) is 0 Å². The average molecular weight is 333 g/mol. The highest BCUT2D eigenvalue weighted by Gasteiger charge is 2.14. The number of benzene rings is 1. The van der Waals surface area contributed by atoms with Crippen LogP contribution in [0, 0.1) is 0 Å². The fourth-order valence-corrected chi connectivity index (χ4v) is 2.59. The number of hydrogen-bond acceptors (Lipinski definition) is 4. The highest BCUT2D eigenvalue weighted by atomic mass is 16.5. The van der Waals surface area contributed by atoms with E-state index in [1.54, 1.807) is 31.4 Å². The summed E-state index contributed by atoms with van der Waals surface area (Å²) in [5.74, 6) is -0.264. The van der Waals surface area contributed by atoms with Crippen molar-refractivity contribution in [2.24, 2.45) is 0 Å². The van der Waals surface area contributed by atoms with Crippen LogP contribution < -0.4 is 16.6 Å². The van der Waals surface area contributed by atoms with Gasteiger partial charge in [0.15, 0.2) is 0 Å². The summed E-state index contributed by atoms with van der Waals surface area (Å²) in [6.45, 7) is 3.15. The molecular formula is C17H23N3O4. The second kappa shape index (κ2) is 8.44. The maximum absolute atomic E-state index is 12.6. The van der Waals surface area contributed by atoms with Gasteiger partial charge in [-0.15, -0.1) is 0 Å². The molecule has 1 aromatic heterocycles. The van der Waals surface area contributed by atoms with Crippen LogP contribution in [0.4, 0.5) is 0 Å². The normalized spacial score (nSPS) is 10.9. The lowest BCUT2D eigenvalue weighted by Crippen LogP contribution is -2.42. The molecule has 0 aliphatic rings. The number of nitrogens with zero attached hydrogens (tertiary/aromatic N) is 2. The number of aromatic nitrogens is 2. The number of ether oxygens (including phenoxy) is 1. The maximum atomic E-state index is 12.6. The molecule has 1 N–H and O–H groups in total. The number of fused-ring (bicyclic) bond motifs is 1. The topological polar surface area (TPSA) is 82.3 Å². The number of carbonyl (C=O) groups is 1. The molecule has 0 bridgehead atoms. The Labute approximate surface area is 139 Å². The number of nitrogens with one attached hydrogen (secondary N) is 1. The summed E-state index contributed by atoms with van der Waals surface area (Å²) in [5.41, 5.74) is -0.284. The number of para-hydroxylation sites is 1. The van der Waals surface area contributed by atoms with Gasteiger partial charge >= 0.3 is 5.69 Å². The average Bonchev–Trinajstić information content (AvgIpc) is 2.59. The van der Waals surface area contributed by atoms with Crippen LogP contribution in [0.15, 0.2) is 33.9 Å². The van der Waals surface area contributed by atoms with Crippen molar-refractivity contribution in [3.8, 4) is 0 Å². The molecule has 7 nitrogen and oxygen atoms in total. The van der Waals surface area contributed by atoms with Gasteiger partial charge in [0.05, 0.1) is 10.9 Å². The third-order valence-electron chi connectivity index (χ3n) is 3.73. The zero-order valence-corrected chi connectivity index (χ0v) is 14.1. The molecule has 24 heavy (non-hydrogen) atoms. The molecule has 0 fully saturated rings. The molecule has 7 heteroatoms. The van der Waals surface area contributed by atoms with Gasteiger partial charge in [-0.2, -0.15) is 0 Å². The Hall–Kier alpha value is -2.41. The van der Waals surface area contributed by atoms with Crippen molar-refractivity contribution < 1.29 is 9.53 Å². The van der Waals surface area contributed by atoms with Crippen molar-refractivity contribution in [2.75, 3.05) is 20.3 Å². The molecule has 0 atom stereocenters. The first-order chi connectivity index (χ1) is 11.6. The van der Waals surface area contributed by atoms with Gasteiger partial charge < -0.3 is 10.1 Å². The Bertz CT molecular complexity index is 823. The highest BCUT2D eigenvalue weighted by Crippen LogP contribution is 2.07. The smallest absolute Gasteiger partial charge is 0.331 e. The van der Waals surface area contributed by atoms with Crippen molar-refractivity contribution in [1.82, 2.24) is 14.5 Å². The quantitative estimate of drug-likeness (QED) is 0.722. The van der Waals surface area contributed by atoms with Gasteiger partial charge in [-0.3, -0.25) is 18.7 Å². The predicted octanol–water partition coefficient (Wildman–Crippen LogP) is 0.726. The fraction of sp³-hybridized carbons (Fsp3) is 0.471. The zero-order valence-electron chi connectivity index (χ0n) is 14.1. The van der Waals surface area contributed by atoms with Crippen molar-refractivity contribution in [3.05, 3.63) is 45.1 Å². The van der Waals surface area contributed by atoms with Crippen LogP contribution in [0.1, 0.15) is 19.8 Å². The number of hydrogen-bond donors (Lipinski definition) is 1. The number of rotatable bonds is 8. The lowest BCUT2D eigenvalue weighted by molar-refractivity contribution is -0.121. The van der Waals surface area contributed by atoms with E-state index in [9.17, 15) is 14.4 Å². The van der Waals surface area contributed by atoms with Crippen LogP contribution in [-0.2, 0) is 22.6 Å². The Morgan fingerprint density at radius 2 is 1.96 bits per heavy atom. The number of methoxy groups -OCH3 is 1. The summed E-state index contributed by atoms with van der Waals surface area (Å²) in [6, 6.07) is 6.86. The first-order valence-electron chi connectivity index (χ1n) is 8.08. The third kappa shape index (κ3) is 3.91. The summed E-state index contributed by atoms with van der Waals surface area (Å²) in [7, 11) is 1.60. The Morgan fingerprint density at radius 1 is 1.21 bits per heavy atom. The van der Waals surface area contributed by atoms with Gasteiger partial charge in [-0.05, 0) is 25.0 Å². The molecule has 130 valence electrons. The number of amides is 1. The largest absolute Gasteiger partial charge is 0.385 e. The molecule has 1 heterocycles. The van der Waals surface area contributed by atoms with E-state index in [-0.39, 0.29) is 18.0 Å². The van der Waals surface area contributed by atoms with Gasteiger partial charge in [0.25, 0.3) is 5.56 Å². The van der Waals surface area contributed by atoms with Gasteiger partial charge in [-0.25, -0.2) is 4.79 Å². The molecule has 2 aromatic rings. The highest BCUT2D eigenvalue weighted by molar-refractivity contribution is 5.81. The van der Waals surface area contributed by atoms with Crippen LogP contribution in [-0.4, -0.2) is 35.3 Å². The SMILES string of the molecule is CCCn1c(=O)c2ccccc2n(CC(=O)NCCCOC)c1=O. The second-order valence-corrected chi connectivity index (χ2v) is 5.54. The van der Waals surface area contributed by atoms with E-state index >= 15 is 0 Å². The molecular weight excluding hydrogens is 310 g/mol. The van der Waals surface area contributed by atoms with Crippen molar-refractivity contribution in [3.63, 3.8) is 0 Å². The minimum Gasteiger partial charge on any atom is -0.385 e. The van der Waals surface area contributed by atoms with Crippen LogP contribution in [0.25, 0.3) is 10.9 Å². The molecule has 0 unspecified atom stereocenters. The molecule has 0 saturated heterocycles. The molecule has 1 aromatic carbocycles. The molecule has 0 aliphatic carbocycles. The van der Waals surface area contributed by atoms with Gasteiger partial charge in [0, 0.05) is 26.8 Å². The Kier molecular flexibility index (Phi) is 6.31. The summed E-state index contributed by atoms with van der Waals surface area (Å²) in [5, 5.41) is 3.20. The Balaban J connectivity index is 2.36. The monoisotopic (exact) mass is 333 g/mol. The van der Waals surface area contributed by atoms with Crippen LogP contribution >= 0.6 is 0 Å². The van der Waals surface area contributed by atoms with Gasteiger partial charge in [0.2, 0.25) is 5.91 Å². The molecule has 2 rings (SSSR count). The van der Waals surface area contributed by atoms with Crippen LogP contribution in [0.3, 0.4) is 0 Å². The summed E-state index contributed by atoms with van der Waals surface area (Å²) >= 11 is 0. The van der Waals surface area contributed by atoms with E-state index in [0.29, 0.717) is 43.4 Å². The maximum Gasteiger partial charge on any atom is 0.331 e. The standard InChI is InChI=1S/C17H23N3O4/c1-3-10-19-16(22)13-7-4-5-8-14(13)20(17(19)23)12-15(21)18-9-6-11-24-2/h4-5,7-8H,3,6,9-12H2,1-2H3,(H,18,21). The van der Waals surface area contributed by atoms with E-state index in [1.807, 2.05) is 6.92 Å². The summed E-state index contributed by atoms with van der Waals surface area (Å²) in [4.78, 5) is 37.2. The number of carbonyl (C=O) groups excluding carboxylic acids is 1. The van der Waals surface area contributed by atoms with E-state index in [1.165, 1.54) is 9.13 Å². The van der Waals surface area contributed by atoms with E-state index in [0.717, 1.165) is 0 Å².